The van der Waals surface area contributed by atoms with Crippen molar-refractivity contribution < 1.29 is 4.74 Å². The Balaban J connectivity index is 2.14. The molecule has 1 unspecified atom stereocenters. The quantitative estimate of drug-likeness (QED) is 0.690. The Kier molecular flexibility index (Phi) is 2.77. The number of hydrogen-bond donors (Lipinski definition) is 0. The summed E-state index contributed by atoms with van der Waals surface area (Å²) in [4.78, 5) is 14.9. The van der Waals surface area contributed by atoms with Gasteiger partial charge in [0.05, 0.1) is 17.6 Å². The monoisotopic (exact) mass is 318 g/mol. The van der Waals surface area contributed by atoms with Crippen LogP contribution in [0, 0.1) is 6.92 Å². The number of ether oxygens (including phenoxy) is 1. The van der Waals surface area contributed by atoms with E-state index in [0.29, 0.717) is 12.4 Å². The van der Waals surface area contributed by atoms with Crippen LogP contribution in [-0.4, -0.2) is 24.8 Å². The SMILES string of the molecule is CCC1(C)Cc2c(sc3c2c(=O)n(C)c2nnc(C)n32)CO1. The fraction of sp³-hybridized carbons (Fsp3) is 0.533. The lowest BCUT2D eigenvalue weighted by molar-refractivity contribution is -0.0543. The van der Waals surface area contributed by atoms with Crippen molar-refractivity contribution in [3.8, 4) is 0 Å². The van der Waals surface area contributed by atoms with Gasteiger partial charge in [-0.1, -0.05) is 6.92 Å². The molecule has 116 valence electrons. The van der Waals surface area contributed by atoms with E-state index in [-0.39, 0.29) is 11.2 Å². The normalized spacial score (nSPS) is 21.6. The molecule has 0 aromatic carbocycles. The van der Waals surface area contributed by atoms with E-state index >= 15 is 0 Å². The lowest BCUT2D eigenvalue weighted by atomic mass is 9.90. The number of aromatic nitrogens is 4. The van der Waals surface area contributed by atoms with Crippen LogP contribution in [0.2, 0.25) is 0 Å². The molecule has 1 aliphatic rings. The fourth-order valence-corrected chi connectivity index (χ4v) is 4.40. The third-order valence-corrected chi connectivity index (χ3v) is 5.94. The van der Waals surface area contributed by atoms with Crippen LogP contribution in [0.25, 0.3) is 16.0 Å². The standard InChI is InChI=1S/C15H18N4O2S/c1-5-15(3)6-9-10(7-21-15)22-13-11(9)12(20)18(4)14-17-16-8(2)19(13)14/h5-7H2,1-4H3. The summed E-state index contributed by atoms with van der Waals surface area (Å²) in [6.45, 7) is 6.73. The number of aryl methyl sites for hydroxylation is 2. The van der Waals surface area contributed by atoms with Crippen LogP contribution in [0.3, 0.4) is 0 Å². The third kappa shape index (κ3) is 1.66. The Morgan fingerprint density at radius 1 is 1.41 bits per heavy atom. The molecule has 0 saturated heterocycles. The van der Waals surface area contributed by atoms with E-state index in [1.54, 1.807) is 23.0 Å². The summed E-state index contributed by atoms with van der Waals surface area (Å²) in [5.41, 5.74) is 0.961. The molecule has 4 rings (SSSR count). The molecule has 7 heteroatoms. The minimum atomic E-state index is -0.191. The third-order valence-electron chi connectivity index (χ3n) is 4.75. The second-order valence-electron chi connectivity index (χ2n) is 6.20. The van der Waals surface area contributed by atoms with Gasteiger partial charge in [-0.3, -0.25) is 13.8 Å². The number of fused-ring (bicyclic) bond motifs is 5. The van der Waals surface area contributed by atoms with E-state index < -0.39 is 0 Å². The largest absolute Gasteiger partial charge is 0.369 e. The second-order valence-corrected chi connectivity index (χ2v) is 7.28. The summed E-state index contributed by atoms with van der Waals surface area (Å²) in [5, 5.41) is 9.06. The summed E-state index contributed by atoms with van der Waals surface area (Å²) < 4.78 is 9.59. The summed E-state index contributed by atoms with van der Waals surface area (Å²) in [6.07, 6.45) is 1.71. The van der Waals surface area contributed by atoms with Crippen molar-refractivity contribution in [1.29, 1.82) is 0 Å². The van der Waals surface area contributed by atoms with Gasteiger partial charge in [-0.2, -0.15) is 0 Å². The molecular formula is C15H18N4O2S. The molecule has 0 N–H and O–H groups in total. The Morgan fingerprint density at radius 3 is 2.91 bits per heavy atom. The van der Waals surface area contributed by atoms with Gasteiger partial charge in [0.1, 0.15) is 10.7 Å². The molecular weight excluding hydrogens is 300 g/mol. The van der Waals surface area contributed by atoms with E-state index in [0.717, 1.165) is 39.3 Å². The lowest BCUT2D eigenvalue weighted by Gasteiger charge is -2.32. The van der Waals surface area contributed by atoms with Crippen LogP contribution >= 0.6 is 11.3 Å². The Hall–Kier alpha value is -1.73. The number of nitrogens with zero attached hydrogens (tertiary/aromatic N) is 4. The van der Waals surface area contributed by atoms with Crippen LogP contribution in [-0.2, 0) is 24.8 Å². The Bertz CT molecular complexity index is 968. The van der Waals surface area contributed by atoms with Crippen molar-refractivity contribution in [3.05, 3.63) is 26.6 Å². The lowest BCUT2D eigenvalue weighted by Crippen LogP contribution is -2.34. The van der Waals surface area contributed by atoms with Crippen LogP contribution in [0.15, 0.2) is 4.79 Å². The van der Waals surface area contributed by atoms with Gasteiger partial charge in [0, 0.05) is 18.3 Å². The first-order chi connectivity index (χ1) is 10.4. The zero-order valence-electron chi connectivity index (χ0n) is 13.1. The first kappa shape index (κ1) is 13.9. The highest BCUT2D eigenvalue weighted by molar-refractivity contribution is 7.18. The molecule has 0 spiro atoms. The van der Waals surface area contributed by atoms with E-state index in [1.165, 1.54) is 0 Å². The van der Waals surface area contributed by atoms with Gasteiger partial charge in [-0.25, -0.2) is 0 Å². The topological polar surface area (TPSA) is 61.4 Å². The molecule has 3 aromatic rings. The molecule has 1 atom stereocenters. The molecule has 0 radical (unpaired) electrons. The van der Waals surface area contributed by atoms with Gasteiger partial charge in [0.2, 0.25) is 5.78 Å². The van der Waals surface area contributed by atoms with E-state index in [2.05, 4.69) is 24.0 Å². The molecule has 0 aliphatic carbocycles. The molecule has 3 aromatic heterocycles. The molecule has 0 saturated carbocycles. The van der Waals surface area contributed by atoms with Gasteiger partial charge >= 0.3 is 0 Å². The smallest absolute Gasteiger partial charge is 0.263 e. The molecule has 22 heavy (non-hydrogen) atoms. The van der Waals surface area contributed by atoms with Crippen molar-refractivity contribution in [3.63, 3.8) is 0 Å². The van der Waals surface area contributed by atoms with Crippen molar-refractivity contribution >= 4 is 27.3 Å². The van der Waals surface area contributed by atoms with Gasteiger partial charge in [0.25, 0.3) is 5.56 Å². The van der Waals surface area contributed by atoms with Crippen molar-refractivity contribution in [2.75, 3.05) is 0 Å². The highest BCUT2D eigenvalue weighted by atomic mass is 32.1. The van der Waals surface area contributed by atoms with Crippen LogP contribution in [0.1, 0.15) is 36.5 Å². The fourth-order valence-electron chi connectivity index (χ4n) is 3.14. The average molecular weight is 318 g/mol. The van der Waals surface area contributed by atoms with Crippen LogP contribution in [0.4, 0.5) is 0 Å². The minimum absolute atomic E-state index is 0.00718. The van der Waals surface area contributed by atoms with Crippen molar-refractivity contribution in [1.82, 2.24) is 19.2 Å². The summed E-state index contributed by atoms with van der Waals surface area (Å²) in [7, 11) is 1.76. The summed E-state index contributed by atoms with van der Waals surface area (Å²) in [6, 6.07) is 0. The molecule has 4 heterocycles. The number of thiophene rings is 1. The van der Waals surface area contributed by atoms with E-state index in [4.69, 9.17) is 4.74 Å². The van der Waals surface area contributed by atoms with Crippen LogP contribution < -0.4 is 5.56 Å². The maximum Gasteiger partial charge on any atom is 0.263 e. The van der Waals surface area contributed by atoms with Gasteiger partial charge in [0.15, 0.2) is 0 Å². The maximum atomic E-state index is 12.8. The second kappa shape index (κ2) is 4.39. The highest BCUT2D eigenvalue weighted by Gasteiger charge is 2.33. The summed E-state index contributed by atoms with van der Waals surface area (Å²) >= 11 is 1.63. The molecule has 0 fully saturated rings. The molecule has 6 nitrogen and oxygen atoms in total. The van der Waals surface area contributed by atoms with E-state index in [1.807, 2.05) is 11.3 Å². The molecule has 0 bridgehead atoms. The number of rotatable bonds is 1. The highest BCUT2D eigenvalue weighted by Crippen LogP contribution is 2.39. The zero-order chi connectivity index (χ0) is 15.6. The minimum Gasteiger partial charge on any atom is -0.369 e. The van der Waals surface area contributed by atoms with E-state index in [9.17, 15) is 4.79 Å². The summed E-state index contributed by atoms with van der Waals surface area (Å²) in [5.74, 6) is 1.39. The van der Waals surface area contributed by atoms with Crippen molar-refractivity contribution in [2.45, 2.75) is 45.8 Å². The zero-order valence-corrected chi connectivity index (χ0v) is 14.0. The van der Waals surface area contributed by atoms with Crippen LogP contribution in [0.5, 0.6) is 0 Å². The van der Waals surface area contributed by atoms with Gasteiger partial charge in [-0.05, 0) is 25.8 Å². The first-order valence-electron chi connectivity index (χ1n) is 7.44. The molecule has 0 amide bonds. The average Bonchev–Trinajstić information content (AvgIpc) is 3.05. The predicted molar refractivity (Wildman–Crippen MR) is 85.5 cm³/mol. The first-order valence-corrected chi connectivity index (χ1v) is 8.26. The molecule has 1 aliphatic heterocycles. The Labute approximate surface area is 131 Å². The number of hydrogen-bond acceptors (Lipinski definition) is 5. The van der Waals surface area contributed by atoms with Gasteiger partial charge in [-0.15, -0.1) is 21.5 Å². The Morgan fingerprint density at radius 2 is 2.18 bits per heavy atom. The predicted octanol–water partition coefficient (Wildman–Crippen LogP) is 2.19. The van der Waals surface area contributed by atoms with Gasteiger partial charge < -0.3 is 4.74 Å². The maximum absolute atomic E-state index is 12.8. The van der Waals surface area contributed by atoms with Crippen molar-refractivity contribution in [2.24, 2.45) is 7.05 Å².